The Balaban J connectivity index is 2.79. The number of halogens is 1. The van der Waals surface area contributed by atoms with Gasteiger partial charge in [-0.05, 0) is 12.1 Å². The molecule has 1 N–H and O–H groups in total. The Bertz CT molecular complexity index is 599. The maximum absolute atomic E-state index is 13.3. The molecule has 5 nitrogen and oxygen atoms in total. The lowest BCUT2D eigenvalue weighted by Gasteiger charge is -2.05. The number of nitrogens with one attached hydrogen (secondary N) is 1. The summed E-state index contributed by atoms with van der Waals surface area (Å²) in [6, 6.07) is 6.99. The van der Waals surface area contributed by atoms with Crippen LogP contribution in [0.5, 0.6) is 0 Å². The van der Waals surface area contributed by atoms with E-state index in [1.165, 1.54) is 18.2 Å². The van der Waals surface area contributed by atoms with Crippen molar-refractivity contribution in [1.82, 2.24) is 4.72 Å². The molecular weight excluding hydrogens is 245 g/mol. The lowest BCUT2D eigenvalue weighted by atomic mass is 10.1. The van der Waals surface area contributed by atoms with Gasteiger partial charge in [0.2, 0.25) is 10.0 Å². The van der Waals surface area contributed by atoms with Gasteiger partial charge in [0.15, 0.2) is 5.75 Å². The second-order valence-corrected chi connectivity index (χ2v) is 4.96. The normalized spacial score (nSPS) is 10.5. The summed E-state index contributed by atoms with van der Waals surface area (Å²) < 4.78 is 37.7. The van der Waals surface area contributed by atoms with Crippen LogP contribution in [0.4, 0.5) is 4.39 Å². The predicted octanol–water partition coefficient (Wildman–Crippen LogP) is 0.640. The van der Waals surface area contributed by atoms with Crippen LogP contribution >= 0.6 is 0 Å². The zero-order valence-corrected chi connectivity index (χ0v) is 9.46. The first-order valence-electron chi connectivity index (χ1n) is 4.51. The van der Waals surface area contributed by atoms with E-state index in [2.05, 4.69) is 4.72 Å². The van der Waals surface area contributed by atoms with Crippen molar-refractivity contribution in [2.45, 2.75) is 6.54 Å². The van der Waals surface area contributed by atoms with Gasteiger partial charge in [0, 0.05) is 12.1 Å². The molecule has 0 aliphatic rings. The highest BCUT2D eigenvalue weighted by Gasteiger charge is 2.11. The molecule has 0 atom stereocenters. The van der Waals surface area contributed by atoms with E-state index < -0.39 is 21.6 Å². The molecule has 1 rings (SSSR count). The fraction of sp³-hybridized carbons (Fsp3) is 0.200. The highest BCUT2D eigenvalue weighted by atomic mass is 32.2. The largest absolute Gasteiger partial charge is 0.225 e. The van der Waals surface area contributed by atoms with Crippen LogP contribution in [0.15, 0.2) is 18.2 Å². The molecule has 0 saturated carbocycles. The summed E-state index contributed by atoms with van der Waals surface area (Å²) in [5.41, 5.74) is 0.275. The second kappa shape index (κ2) is 5.39. The Labute approximate surface area is 98.2 Å². The van der Waals surface area contributed by atoms with E-state index in [0.29, 0.717) is 0 Å². The van der Waals surface area contributed by atoms with E-state index in [1.807, 2.05) is 0 Å². The summed E-state index contributed by atoms with van der Waals surface area (Å²) in [6.45, 7) is -0.248. The van der Waals surface area contributed by atoms with Gasteiger partial charge in [0.05, 0.1) is 17.7 Å². The van der Waals surface area contributed by atoms with Crippen molar-refractivity contribution in [3.8, 4) is 12.1 Å². The average Bonchev–Trinajstić information content (AvgIpc) is 2.27. The zero-order valence-electron chi connectivity index (χ0n) is 8.64. The van der Waals surface area contributed by atoms with Crippen molar-refractivity contribution in [1.29, 1.82) is 10.5 Å². The lowest BCUT2D eigenvalue weighted by molar-refractivity contribution is 0.577. The fourth-order valence-corrected chi connectivity index (χ4v) is 1.73. The molecule has 0 aromatic heterocycles. The van der Waals surface area contributed by atoms with Crippen molar-refractivity contribution >= 4 is 10.0 Å². The highest BCUT2D eigenvalue weighted by Crippen LogP contribution is 2.09. The Hall–Kier alpha value is -1.96. The van der Waals surface area contributed by atoms with Crippen molar-refractivity contribution in [3.63, 3.8) is 0 Å². The van der Waals surface area contributed by atoms with E-state index in [4.69, 9.17) is 10.5 Å². The van der Waals surface area contributed by atoms with Gasteiger partial charge in [-0.15, -0.1) is 0 Å². The van der Waals surface area contributed by atoms with Crippen LogP contribution in [-0.4, -0.2) is 14.2 Å². The summed E-state index contributed by atoms with van der Waals surface area (Å²) in [4.78, 5) is 0. The van der Waals surface area contributed by atoms with Gasteiger partial charge < -0.3 is 0 Å². The Morgan fingerprint density at radius 1 is 1.35 bits per heavy atom. The van der Waals surface area contributed by atoms with Crippen LogP contribution in [0.25, 0.3) is 0 Å². The second-order valence-electron chi connectivity index (χ2n) is 3.16. The van der Waals surface area contributed by atoms with Crippen LogP contribution in [0.1, 0.15) is 11.1 Å². The molecule has 0 heterocycles. The summed E-state index contributed by atoms with van der Waals surface area (Å²) in [5, 5.41) is 16.8. The third-order valence-corrected chi connectivity index (χ3v) is 3.01. The van der Waals surface area contributed by atoms with Gasteiger partial charge in [-0.2, -0.15) is 10.5 Å². The van der Waals surface area contributed by atoms with Gasteiger partial charge in [0.25, 0.3) is 0 Å². The van der Waals surface area contributed by atoms with E-state index in [1.54, 1.807) is 6.07 Å². The number of rotatable bonds is 4. The van der Waals surface area contributed by atoms with Crippen molar-refractivity contribution in [2.75, 3.05) is 5.75 Å². The average molecular weight is 253 g/mol. The molecule has 0 aliphatic carbocycles. The summed E-state index contributed by atoms with van der Waals surface area (Å²) in [5.74, 6) is -1.34. The SMILES string of the molecule is N#CCS(=O)(=O)NCc1ccc(C#N)cc1F. The molecule has 0 fully saturated rings. The van der Waals surface area contributed by atoms with Gasteiger partial charge in [-0.1, -0.05) is 6.07 Å². The lowest BCUT2D eigenvalue weighted by Crippen LogP contribution is -2.25. The van der Waals surface area contributed by atoms with Crippen LogP contribution in [0.2, 0.25) is 0 Å². The van der Waals surface area contributed by atoms with Gasteiger partial charge in [-0.25, -0.2) is 17.5 Å². The van der Waals surface area contributed by atoms with Crippen molar-refractivity contribution in [3.05, 3.63) is 35.1 Å². The van der Waals surface area contributed by atoms with E-state index in [9.17, 15) is 12.8 Å². The maximum atomic E-state index is 13.3. The molecule has 1 aromatic rings. The summed E-state index contributed by atoms with van der Waals surface area (Å²) in [6.07, 6.45) is 0. The first-order chi connectivity index (χ1) is 7.98. The van der Waals surface area contributed by atoms with E-state index >= 15 is 0 Å². The quantitative estimate of drug-likeness (QED) is 0.852. The standard InChI is InChI=1S/C10H8FN3O2S/c11-10-5-8(6-13)1-2-9(10)7-14-17(15,16)4-3-12/h1-2,5,14H,4,7H2. The minimum atomic E-state index is -3.71. The van der Waals surface area contributed by atoms with Crippen LogP contribution in [-0.2, 0) is 16.6 Å². The van der Waals surface area contributed by atoms with Gasteiger partial charge in [0.1, 0.15) is 5.82 Å². The van der Waals surface area contributed by atoms with Crippen LogP contribution in [0.3, 0.4) is 0 Å². The molecule has 7 heteroatoms. The molecule has 0 amide bonds. The predicted molar refractivity (Wildman–Crippen MR) is 57.4 cm³/mol. The third-order valence-electron chi connectivity index (χ3n) is 1.92. The first-order valence-corrected chi connectivity index (χ1v) is 6.16. The Kier molecular flexibility index (Phi) is 4.16. The molecule has 0 unspecified atom stereocenters. The van der Waals surface area contributed by atoms with Crippen molar-refractivity contribution < 1.29 is 12.8 Å². The molecule has 0 aliphatic heterocycles. The highest BCUT2D eigenvalue weighted by molar-refractivity contribution is 7.89. The van der Waals surface area contributed by atoms with Gasteiger partial charge in [-0.3, -0.25) is 0 Å². The molecule has 17 heavy (non-hydrogen) atoms. The van der Waals surface area contributed by atoms with Crippen LogP contribution in [0, 0.1) is 28.5 Å². The fourth-order valence-electron chi connectivity index (χ4n) is 1.08. The molecule has 0 saturated heterocycles. The number of nitrogens with zero attached hydrogens (tertiary/aromatic N) is 2. The Morgan fingerprint density at radius 3 is 2.59 bits per heavy atom. The molecule has 0 bridgehead atoms. The first kappa shape index (κ1) is 13.1. The molecule has 0 spiro atoms. The minimum absolute atomic E-state index is 0.116. The molecule has 1 aromatic carbocycles. The molecular formula is C10H8FN3O2S. The third kappa shape index (κ3) is 3.83. The number of benzene rings is 1. The van der Waals surface area contributed by atoms with Crippen molar-refractivity contribution in [2.24, 2.45) is 0 Å². The zero-order chi connectivity index (χ0) is 12.9. The maximum Gasteiger partial charge on any atom is 0.225 e. The van der Waals surface area contributed by atoms with Gasteiger partial charge >= 0.3 is 0 Å². The topological polar surface area (TPSA) is 93.8 Å². The number of hydrogen-bond acceptors (Lipinski definition) is 4. The minimum Gasteiger partial charge on any atom is -0.211 e. The van der Waals surface area contributed by atoms with E-state index in [-0.39, 0.29) is 17.7 Å². The number of nitriles is 2. The smallest absolute Gasteiger partial charge is 0.211 e. The molecule has 88 valence electrons. The van der Waals surface area contributed by atoms with Crippen LogP contribution < -0.4 is 4.72 Å². The Morgan fingerprint density at radius 2 is 2.06 bits per heavy atom. The number of sulfonamides is 1. The summed E-state index contributed by atoms with van der Waals surface area (Å²) in [7, 11) is -3.71. The molecule has 0 radical (unpaired) electrons. The van der Waals surface area contributed by atoms with E-state index in [0.717, 1.165) is 6.07 Å². The number of hydrogen-bond donors (Lipinski definition) is 1. The monoisotopic (exact) mass is 253 g/mol. The summed E-state index contributed by atoms with van der Waals surface area (Å²) >= 11 is 0.